The molecule has 1 aliphatic rings. The second-order valence-electron chi connectivity index (χ2n) is 7.79. The van der Waals surface area contributed by atoms with Crippen LogP contribution in [0.3, 0.4) is 0 Å². The molecule has 7 heteroatoms. The van der Waals surface area contributed by atoms with Crippen molar-refractivity contribution in [1.82, 2.24) is 5.32 Å². The van der Waals surface area contributed by atoms with Gasteiger partial charge in [0.05, 0.1) is 5.60 Å². The third-order valence-corrected chi connectivity index (χ3v) is 4.41. The molecule has 148 valence electrons. The van der Waals surface area contributed by atoms with Gasteiger partial charge in [0.2, 0.25) is 11.8 Å². The molecule has 7 nitrogen and oxygen atoms in total. The van der Waals surface area contributed by atoms with Gasteiger partial charge in [-0.05, 0) is 45.2 Å². The van der Waals surface area contributed by atoms with E-state index in [4.69, 9.17) is 4.74 Å². The second-order valence-corrected chi connectivity index (χ2v) is 7.79. The van der Waals surface area contributed by atoms with Crippen molar-refractivity contribution >= 4 is 23.5 Å². The molecule has 1 aliphatic heterocycles. The van der Waals surface area contributed by atoms with Crippen LogP contribution in [0.2, 0.25) is 0 Å². The summed E-state index contributed by atoms with van der Waals surface area (Å²) in [4.78, 5) is 35.7. The average molecular weight is 376 g/mol. The molecule has 3 N–H and O–H groups in total. The van der Waals surface area contributed by atoms with E-state index in [1.165, 1.54) is 0 Å². The van der Waals surface area contributed by atoms with Crippen molar-refractivity contribution < 1.29 is 24.2 Å². The number of aliphatic carboxylic acids is 1. The maximum absolute atomic E-state index is 12.2. The Morgan fingerprint density at radius 2 is 2.04 bits per heavy atom. The molecule has 0 bridgehead atoms. The molecule has 0 fully saturated rings. The zero-order valence-electron chi connectivity index (χ0n) is 16.1. The van der Waals surface area contributed by atoms with Gasteiger partial charge in [-0.25, -0.2) is 4.79 Å². The van der Waals surface area contributed by atoms with Crippen LogP contribution < -0.4 is 10.6 Å². The molecule has 0 saturated heterocycles. The largest absolute Gasteiger partial charge is 0.480 e. The number of ether oxygens (including phenoxy) is 1. The standard InChI is InChI=1S/C20H28N2O5/c1-20(2,3)27-11-10-16(19(25)26)21-17(23)9-8-14-12-13-6-4-5-7-15(13)22-18(14)24/h4-7,14,16H,8-12H2,1-3H3,(H,21,23)(H,22,24)(H,25,26). The molecular formula is C20H28N2O5. The first-order valence-electron chi connectivity index (χ1n) is 9.20. The maximum atomic E-state index is 12.2. The molecule has 0 spiro atoms. The molecule has 0 saturated carbocycles. The fraction of sp³-hybridized carbons (Fsp3) is 0.550. The first-order chi connectivity index (χ1) is 12.7. The van der Waals surface area contributed by atoms with E-state index in [1.54, 1.807) is 0 Å². The highest BCUT2D eigenvalue weighted by molar-refractivity contribution is 5.96. The SMILES string of the molecule is CC(C)(C)OCCC(NC(=O)CCC1Cc2ccccc2NC1=O)C(=O)O. The average Bonchev–Trinajstić information content (AvgIpc) is 2.57. The van der Waals surface area contributed by atoms with E-state index in [0.29, 0.717) is 12.8 Å². The van der Waals surface area contributed by atoms with Crippen molar-refractivity contribution in [1.29, 1.82) is 0 Å². The van der Waals surface area contributed by atoms with Gasteiger partial charge in [-0.3, -0.25) is 9.59 Å². The van der Waals surface area contributed by atoms with Crippen LogP contribution >= 0.6 is 0 Å². The van der Waals surface area contributed by atoms with Crippen molar-refractivity contribution in [2.75, 3.05) is 11.9 Å². The molecule has 2 rings (SSSR count). The number of fused-ring (bicyclic) bond motifs is 1. The van der Waals surface area contributed by atoms with Crippen LogP contribution in [0.4, 0.5) is 5.69 Å². The summed E-state index contributed by atoms with van der Waals surface area (Å²) in [5, 5.41) is 14.7. The van der Waals surface area contributed by atoms with Gasteiger partial charge in [-0.2, -0.15) is 0 Å². The summed E-state index contributed by atoms with van der Waals surface area (Å²) >= 11 is 0. The fourth-order valence-corrected chi connectivity index (χ4v) is 2.96. The number of hydrogen-bond donors (Lipinski definition) is 3. The number of anilines is 1. The van der Waals surface area contributed by atoms with Crippen molar-refractivity contribution in [3.8, 4) is 0 Å². The van der Waals surface area contributed by atoms with Crippen LogP contribution in [-0.2, 0) is 25.5 Å². The number of benzene rings is 1. The lowest BCUT2D eigenvalue weighted by Crippen LogP contribution is -2.42. The molecule has 1 heterocycles. The number of carboxylic acid groups (broad SMARTS) is 1. The van der Waals surface area contributed by atoms with Crippen LogP contribution in [0.5, 0.6) is 0 Å². The molecule has 2 amide bonds. The van der Waals surface area contributed by atoms with Crippen molar-refractivity contribution in [3.05, 3.63) is 29.8 Å². The Morgan fingerprint density at radius 1 is 1.33 bits per heavy atom. The van der Waals surface area contributed by atoms with E-state index in [-0.39, 0.29) is 42.8 Å². The minimum Gasteiger partial charge on any atom is -0.480 e. The number of para-hydroxylation sites is 1. The number of amides is 2. The predicted octanol–water partition coefficient (Wildman–Crippen LogP) is 2.35. The Morgan fingerprint density at radius 3 is 2.70 bits per heavy atom. The van der Waals surface area contributed by atoms with Crippen LogP contribution in [-0.4, -0.2) is 41.1 Å². The summed E-state index contributed by atoms with van der Waals surface area (Å²) in [6.45, 7) is 5.89. The van der Waals surface area contributed by atoms with E-state index >= 15 is 0 Å². The minimum atomic E-state index is -1.09. The number of carboxylic acids is 1. The summed E-state index contributed by atoms with van der Waals surface area (Å²) in [5.41, 5.74) is 1.50. The topological polar surface area (TPSA) is 105 Å². The molecule has 0 aromatic heterocycles. The highest BCUT2D eigenvalue weighted by Gasteiger charge is 2.27. The quantitative estimate of drug-likeness (QED) is 0.646. The van der Waals surface area contributed by atoms with Gasteiger partial charge >= 0.3 is 5.97 Å². The summed E-state index contributed by atoms with van der Waals surface area (Å²) < 4.78 is 5.53. The summed E-state index contributed by atoms with van der Waals surface area (Å²) in [7, 11) is 0. The zero-order valence-corrected chi connectivity index (χ0v) is 16.1. The first kappa shape index (κ1) is 20.9. The van der Waals surface area contributed by atoms with E-state index in [2.05, 4.69) is 10.6 Å². The highest BCUT2D eigenvalue weighted by atomic mass is 16.5. The Hall–Kier alpha value is -2.41. The van der Waals surface area contributed by atoms with Gasteiger partial charge < -0.3 is 20.5 Å². The van der Waals surface area contributed by atoms with Crippen LogP contribution in [0.25, 0.3) is 0 Å². The molecule has 0 aliphatic carbocycles. The Labute approximate surface area is 159 Å². The van der Waals surface area contributed by atoms with Gasteiger partial charge in [0, 0.05) is 31.1 Å². The third-order valence-electron chi connectivity index (χ3n) is 4.41. The molecule has 1 aromatic carbocycles. The molecular weight excluding hydrogens is 348 g/mol. The molecule has 2 unspecified atom stereocenters. The lowest BCUT2D eigenvalue weighted by atomic mass is 9.89. The van der Waals surface area contributed by atoms with Gasteiger partial charge in [-0.15, -0.1) is 0 Å². The minimum absolute atomic E-state index is 0.101. The number of nitrogens with one attached hydrogen (secondary N) is 2. The third kappa shape index (κ3) is 6.67. The van der Waals surface area contributed by atoms with E-state index < -0.39 is 12.0 Å². The Kier molecular flexibility index (Phi) is 6.96. The van der Waals surface area contributed by atoms with Crippen molar-refractivity contribution in [2.45, 2.75) is 58.1 Å². The monoisotopic (exact) mass is 376 g/mol. The smallest absolute Gasteiger partial charge is 0.326 e. The second kappa shape index (κ2) is 8.99. The predicted molar refractivity (Wildman–Crippen MR) is 101 cm³/mol. The molecule has 27 heavy (non-hydrogen) atoms. The molecule has 1 aromatic rings. The van der Waals surface area contributed by atoms with Crippen LogP contribution in [0.15, 0.2) is 24.3 Å². The van der Waals surface area contributed by atoms with E-state index in [1.807, 2.05) is 45.0 Å². The highest BCUT2D eigenvalue weighted by Crippen LogP contribution is 2.27. The number of rotatable bonds is 8. The van der Waals surface area contributed by atoms with E-state index in [0.717, 1.165) is 11.3 Å². The van der Waals surface area contributed by atoms with Crippen LogP contribution in [0.1, 0.15) is 45.6 Å². The van der Waals surface area contributed by atoms with Gasteiger partial charge in [0.15, 0.2) is 0 Å². The van der Waals surface area contributed by atoms with Gasteiger partial charge in [0.25, 0.3) is 0 Å². The van der Waals surface area contributed by atoms with Gasteiger partial charge in [0.1, 0.15) is 6.04 Å². The molecule has 2 atom stereocenters. The van der Waals surface area contributed by atoms with Crippen molar-refractivity contribution in [3.63, 3.8) is 0 Å². The Bertz CT molecular complexity index is 696. The summed E-state index contributed by atoms with van der Waals surface area (Å²) in [6, 6.07) is 6.59. The van der Waals surface area contributed by atoms with Gasteiger partial charge in [-0.1, -0.05) is 18.2 Å². The zero-order chi connectivity index (χ0) is 20.0. The normalized spacial score (nSPS) is 17.6. The number of hydrogen-bond acceptors (Lipinski definition) is 4. The maximum Gasteiger partial charge on any atom is 0.326 e. The lowest BCUT2D eigenvalue weighted by molar-refractivity contribution is -0.143. The van der Waals surface area contributed by atoms with E-state index in [9.17, 15) is 19.5 Å². The summed E-state index contributed by atoms with van der Waals surface area (Å²) in [5.74, 6) is -1.86. The number of carbonyl (C=O) groups excluding carboxylic acids is 2. The lowest BCUT2D eigenvalue weighted by Gasteiger charge is -2.24. The number of carbonyl (C=O) groups is 3. The van der Waals surface area contributed by atoms with Crippen molar-refractivity contribution in [2.24, 2.45) is 5.92 Å². The Balaban J connectivity index is 1.82. The first-order valence-corrected chi connectivity index (χ1v) is 9.20. The van der Waals surface area contributed by atoms with Crippen LogP contribution in [0, 0.1) is 5.92 Å². The summed E-state index contributed by atoms with van der Waals surface area (Å²) in [6.07, 6.45) is 1.24. The fourth-order valence-electron chi connectivity index (χ4n) is 2.96. The molecule has 0 radical (unpaired) electrons.